The summed E-state index contributed by atoms with van der Waals surface area (Å²) in [5.41, 5.74) is 1.20. The third kappa shape index (κ3) is 3.51. The van der Waals surface area contributed by atoms with Crippen molar-refractivity contribution < 1.29 is 13.7 Å². The number of carbonyl (C=O) groups excluding carboxylic acids is 1. The highest BCUT2D eigenvalue weighted by molar-refractivity contribution is 5.85. The van der Waals surface area contributed by atoms with Crippen molar-refractivity contribution in [2.24, 2.45) is 0 Å². The number of alkyl halides is 1. The Balaban J connectivity index is 0.00000144. The van der Waals surface area contributed by atoms with E-state index >= 15 is 0 Å². The Bertz CT molecular complexity index is 384. The van der Waals surface area contributed by atoms with E-state index < -0.39 is 6.17 Å². The minimum absolute atomic E-state index is 0. The molecule has 17 heavy (non-hydrogen) atoms. The molecule has 1 saturated heterocycles. The van der Waals surface area contributed by atoms with Gasteiger partial charge < -0.3 is 4.48 Å². The Morgan fingerprint density at radius 2 is 2.00 bits per heavy atom. The lowest BCUT2D eigenvalue weighted by molar-refractivity contribution is -0.925. The molecule has 0 bridgehead atoms. The van der Waals surface area contributed by atoms with Gasteiger partial charge >= 0.3 is 0 Å². The van der Waals surface area contributed by atoms with E-state index in [1.54, 1.807) is 0 Å². The van der Waals surface area contributed by atoms with Crippen molar-refractivity contribution in [2.45, 2.75) is 19.1 Å². The molecule has 0 aliphatic carbocycles. The van der Waals surface area contributed by atoms with Gasteiger partial charge in [0.15, 0.2) is 5.78 Å². The maximum Gasteiger partial charge on any atom is 0.207 e. The summed E-state index contributed by atoms with van der Waals surface area (Å²) in [6.07, 6.45) is -0.910. The standard InChI is InChI=1S/C13H17FNO.ClH/c1-15(8-7-13(16)12(14)10-15)9-11-5-3-2-4-6-11;/h2-6,12H,7-10H2,1H3;1H/q+1;. The van der Waals surface area contributed by atoms with Gasteiger partial charge in [0.05, 0.1) is 20.0 Å². The number of nitrogens with zero attached hydrogens (tertiary/aromatic N) is 1. The first-order chi connectivity index (χ1) is 7.59. The van der Waals surface area contributed by atoms with Crippen LogP contribution in [0.1, 0.15) is 12.0 Å². The van der Waals surface area contributed by atoms with E-state index in [0.717, 1.165) is 13.1 Å². The van der Waals surface area contributed by atoms with Gasteiger partial charge in [0.2, 0.25) is 6.17 Å². The molecule has 2 atom stereocenters. The minimum Gasteiger partial charge on any atom is -0.319 e. The number of piperidine rings is 1. The summed E-state index contributed by atoms with van der Waals surface area (Å²) in [6, 6.07) is 10.1. The van der Waals surface area contributed by atoms with Crippen LogP contribution in [0.25, 0.3) is 0 Å². The minimum atomic E-state index is -1.28. The van der Waals surface area contributed by atoms with Crippen molar-refractivity contribution in [3.63, 3.8) is 0 Å². The van der Waals surface area contributed by atoms with Crippen LogP contribution in [0.5, 0.6) is 0 Å². The monoisotopic (exact) mass is 258 g/mol. The van der Waals surface area contributed by atoms with Crippen molar-refractivity contribution in [2.75, 3.05) is 20.1 Å². The maximum absolute atomic E-state index is 13.4. The first-order valence-corrected chi connectivity index (χ1v) is 5.63. The molecule has 1 heterocycles. The predicted octanol–water partition coefficient (Wildman–Crippen LogP) is 2.37. The van der Waals surface area contributed by atoms with E-state index in [1.165, 1.54) is 5.56 Å². The molecule has 0 aromatic heterocycles. The number of ketones is 1. The number of halogens is 2. The van der Waals surface area contributed by atoms with E-state index in [2.05, 4.69) is 0 Å². The molecular weight excluding hydrogens is 241 g/mol. The fraction of sp³-hybridized carbons (Fsp3) is 0.462. The van der Waals surface area contributed by atoms with Crippen LogP contribution in [0.4, 0.5) is 4.39 Å². The van der Waals surface area contributed by atoms with Crippen LogP contribution in [0.3, 0.4) is 0 Å². The average Bonchev–Trinajstić information content (AvgIpc) is 2.25. The fourth-order valence-electron chi connectivity index (χ4n) is 2.28. The molecule has 0 amide bonds. The molecule has 0 N–H and O–H groups in total. The third-order valence-electron chi connectivity index (χ3n) is 3.26. The second kappa shape index (κ2) is 5.61. The number of Topliss-reactive ketones (excluding diaryl/α,β-unsaturated/α-hetero) is 1. The smallest absolute Gasteiger partial charge is 0.207 e. The molecule has 1 aromatic rings. The zero-order valence-corrected chi connectivity index (χ0v) is 10.8. The Morgan fingerprint density at radius 3 is 2.59 bits per heavy atom. The number of likely N-dealkylation sites (tertiary alicyclic amines) is 1. The summed E-state index contributed by atoms with van der Waals surface area (Å²) in [5.74, 6) is -0.233. The highest BCUT2D eigenvalue weighted by Gasteiger charge is 2.36. The molecule has 1 aliphatic rings. The lowest BCUT2D eigenvalue weighted by Gasteiger charge is -2.38. The van der Waals surface area contributed by atoms with Crippen molar-refractivity contribution in [3.05, 3.63) is 35.9 Å². The molecular formula is C13H18ClFNO+. The lowest BCUT2D eigenvalue weighted by Crippen LogP contribution is -2.54. The molecule has 4 heteroatoms. The second-order valence-electron chi connectivity index (χ2n) is 4.85. The zero-order valence-electron chi connectivity index (χ0n) is 9.93. The van der Waals surface area contributed by atoms with Crippen LogP contribution in [0.2, 0.25) is 0 Å². The summed E-state index contributed by atoms with van der Waals surface area (Å²) in [5, 5.41) is 0. The van der Waals surface area contributed by atoms with Gasteiger partial charge in [-0.05, 0) is 0 Å². The fourth-order valence-corrected chi connectivity index (χ4v) is 2.28. The topological polar surface area (TPSA) is 17.1 Å². The summed E-state index contributed by atoms with van der Waals surface area (Å²) in [7, 11) is 2.02. The second-order valence-corrected chi connectivity index (χ2v) is 4.85. The van der Waals surface area contributed by atoms with Crippen molar-refractivity contribution in [1.29, 1.82) is 0 Å². The van der Waals surface area contributed by atoms with Gasteiger partial charge in [0.1, 0.15) is 13.1 Å². The summed E-state index contributed by atoms with van der Waals surface area (Å²) in [4.78, 5) is 11.1. The third-order valence-corrected chi connectivity index (χ3v) is 3.26. The number of hydrogen-bond donors (Lipinski definition) is 0. The normalized spacial score (nSPS) is 28.6. The molecule has 1 aliphatic heterocycles. The predicted molar refractivity (Wildman–Crippen MR) is 67.8 cm³/mol. The van der Waals surface area contributed by atoms with Gasteiger partial charge in [-0.2, -0.15) is 0 Å². The maximum atomic E-state index is 13.4. The number of rotatable bonds is 2. The number of hydrogen-bond acceptors (Lipinski definition) is 1. The molecule has 1 aromatic carbocycles. The first kappa shape index (κ1) is 14.1. The quantitative estimate of drug-likeness (QED) is 0.745. The summed E-state index contributed by atoms with van der Waals surface area (Å²) in [6.45, 7) is 1.86. The van der Waals surface area contributed by atoms with Crippen LogP contribution >= 0.6 is 12.4 Å². The van der Waals surface area contributed by atoms with E-state index in [4.69, 9.17) is 0 Å². The Hall–Kier alpha value is -0.930. The molecule has 0 radical (unpaired) electrons. The van der Waals surface area contributed by atoms with E-state index in [-0.39, 0.29) is 18.2 Å². The van der Waals surface area contributed by atoms with Crippen LogP contribution in [0, 0.1) is 0 Å². The van der Waals surface area contributed by atoms with Crippen LogP contribution in [-0.2, 0) is 11.3 Å². The van der Waals surface area contributed by atoms with Crippen LogP contribution < -0.4 is 0 Å². The molecule has 2 rings (SSSR count). The Labute approximate surface area is 107 Å². The number of benzene rings is 1. The van der Waals surface area contributed by atoms with Gasteiger partial charge in [0, 0.05) is 5.56 Å². The zero-order chi connectivity index (χ0) is 11.6. The number of carbonyl (C=O) groups is 1. The summed E-state index contributed by atoms with van der Waals surface area (Å²) >= 11 is 0. The van der Waals surface area contributed by atoms with Gasteiger partial charge in [-0.15, -0.1) is 12.4 Å². The first-order valence-electron chi connectivity index (χ1n) is 5.63. The molecule has 0 saturated carbocycles. The van der Waals surface area contributed by atoms with Gasteiger partial charge in [-0.25, -0.2) is 4.39 Å². The van der Waals surface area contributed by atoms with E-state index in [9.17, 15) is 9.18 Å². The Kier molecular flexibility index (Phi) is 4.66. The van der Waals surface area contributed by atoms with E-state index in [1.807, 2.05) is 37.4 Å². The van der Waals surface area contributed by atoms with Crippen molar-refractivity contribution >= 4 is 18.2 Å². The van der Waals surface area contributed by atoms with Gasteiger partial charge in [-0.1, -0.05) is 30.3 Å². The molecule has 1 fully saturated rings. The lowest BCUT2D eigenvalue weighted by atomic mass is 10.0. The van der Waals surface area contributed by atoms with Gasteiger partial charge in [0.25, 0.3) is 0 Å². The van der Waals surface area contributed by atoms with Crippen LogP contribution in [0.15, 0.2) is 30.3 Å². The highest BCUT2D eigenvalue weighted by Crippen LogP contribution is 2.20. The molecule has 2 nitrogen and oxygen atoms in total. The molecule has 94 valence electrons. The summed E-state index contributed by atoms with van der Waals surface area (Å²) < 4.78 is 14.0. The number of quaternary nitrogens is 1. The van der Waals surface area contributed by atoms with Crippen molar-refractivity contribution in [1.82, 2.24) is 0 Å². The largest absolute Gasteiger partial charge is 0.319 e. The molecule has 0 spiro atoms. The SMILES string of the molecule is C[N+]1(Cc2ccccc2)CCC(=O)C(F)C1.Cl. The Morgan fingerprint density at radius 1 is 1.35 bits per heavy atom. The van der Waals surface area contributed by atoms with Crippen LogP contribution in [-0.4, -0.2) is 36.6 Å². The average molecular weight is 259 g/mol. The van der Waals surface area contributed by atoms with Crippen molar-refractivity contribution in [3.8, 4) is 0 Å². The molecule has 2 unspecified atom stereocenters. The highest BCUT2D eigenvalue weighted by atomic mass is 35.5. The van der Waals surface area contributed by atoms with E-state index in [0.29, 0.717) is 17.4 Å². The van der Waals surface area contributed by atoms with Gasteiger partial charge in [-0.3, -0.25) is 4.79 Å².